The van der Waals surface area contributed by atoms with Gasteiger partial charge in [-0.1, -0.05) is 33.3 Å². The summed E-state index contributed by atoms with van der Waals surface area (Å²) in [7, 11) is 0. The van der Waals surface area contributed by atoms with Crippen LogP contribution in [0.25, 0.3) is 0 Å². The average molecular weight is 224 g/mol. The zero-order valence-electron chi connectivity index (χ0n) is 10.8. The summed E-state index contributed by atoms with van der Waals surface area (Å²) >= 11 is 0. The second-order valence-electron chi connectivity index (χ2n) is 4.99. The third kappa shape index (κ3) is 2.66. The number of carbonyl (C=O) groups is 1. The molecule has 3 atom stereocenters. The Kier molecular flexibility index (Phi) is 4.57. The van der Waals surface area contributed by atoms with Gasteiger partial charge in [-0.25, -0.2) is 0 Å². The monoisotopic (exact) mass is 224 g/mol. The van der Waals surface area contributed by atoms with E-state index in [1.165, 1.54) is 13.3 Å². The number of hydrogen-bond donors (Lipinski definition) is 0. The molecule has 16 heavy (non-hydrogen) atoms. The summed E-state index contributed by atoms with van der Waals surface area (Å²) in [5.41, 5.74) is -0.403. The lowest BCUT2D eigenvalue weighted by atomic mass is 9.69. The molecule has 0 bridgehead atoms. The van der Waals surface area contributed by atoms with Crippen LogP contribution in [0.1, 0.15) is 52.9 Å². The summed E-state index contributed by atoms with van der Waals surface area (Å²) in [6.45, 7) is 9.84. The van der Waals surface area contributed by atoms with E-state index in [0.29, 0.717) is 11.8 Å². The van der Waals surface area contributed by atoms with Crippen LogP contribution in [0.15, 0.2) is 12.7 Å². The smallest absolute Gasteiger partial charge is 0.303 e. The van der Waals surface area contributed by atoms with Crippen molar-refractivity contribution in [1.82, 2.24) is 0 Å². The van der Waals surface area contributed by atoms with Gasteiger partial charge in [0.05, 0.1) is 0 Å². The number of rotatable bonds is 4. The SMILES string of the molecule is C=C[C@]1(OC(C)=O)CCCC[C@@H]1[C@H](C)CC. The number of ether oxygens (including phenoxy) is 1. The van der Waals surface area contributed by atoms with Gasteiger partial charge in [-0.05, 0) is 31.3 Å². The minimum Gasteiger partial charge on any atom is -0.455 e. The highest BCUT2D eigenvalue weighted by molar-refractivity contribution is 5.67. The van der Waals surface area contributed by atoms with Gasteiger partial charge in [-0.2, -0.15) is 0 Å². The van der Waals surface area contributed by atoms with Gasteiger partial charge >= 0.3 is 5.97 Å². The molecule has 1 aliphatic rings. The zero-order valence-corrected chi connectivity index (χ0v) is 10.8. The molecule has 0 aromatic heterocycles. The highest BCUT2D eigenvalue weighted by atomic mass is 16.6. The van der Waals surface area contributed by atoms with E-state index in [-0.39, 0.29) is 5.97 Å². The molecule has 0 heterocycles. The maximum absolute atomic E-state index is 11.3. The van der Waals surface area contributed by atoms with Crippen molar-refractivity contribution < 1.29 is 9.53 Å². The van der Waals surface area contributed by atoms with Crippen LogP contribution < -0.4 is 0 Å². The fourth-order valence-corrected chi connectivity index (χ4v) is 2.94. The number of esters is 1. The first kappa shape index (κ1) is 13.3. The standard InChI is InChI=1S/C14H24O2/c1-5-11(3)13-9-7-8-10-14(13,6-2)16-12(4)15/h6,11,13H,2,5,7-10H2,1,3-4H3/t11-,13-,14+/m1/s1. The van der Waals surface area contributed by atoms with Gasteiger partial charge in [0.15, 0.2) is 0 Å². The van der Waals surface area contributed by atoms with Crippen molar-refractivity contribution >= 4 is 5.97 Å². The Morgan fingerprint density at radius 1 is 1.62 bits per heavy atom. The molecule has 0 radical (unpaired) electrons. The third-order valence-electron chi connectivity index (χ3n) is 3.97. The molecule has 0 aromatic rings. The molecule has 0 aromatic carbocycles. The maximum Gasteiger partial charge on any atom is 0.303 e. The highest BCUT2D eigenvalue weighted by Gasteiger charge is 2.43. The van der Waals surface area contributed by atoms with E-state index in [0.717, 1.165) is 25.7 Å². The van der Waals surface area contributed by atoms with Crippen molar-refractivity contribution in [3.8, 4) is 0 Å². The molecule has 92 valence electrons. The summed E-state index contributed by atoms with van der Waals surface area (Å²) in [5.74, 6) is 0.834. The van der Waals surface area contributed by atoms with Gasteiger partial charge in [-0.3, -0.25) is 4.79 Å². The van der Waals surface area contributed by atoms with Crippen LogP contribution in [-0.4, -0.2) is 11.6 Å². The molecule has 2 nitrogen and oxygen atoms in total. The molecule has 0 spiro atoms. The first-order valence-corrected chi connectivity index (χ1v) is 6.39. The zero-order chi connectivity index (χ0) is 12.2. The van der Waals surface area contributed by atoms with E-state index in [1.54, 1.807) is 0 Å². The molecule has 1 aliphatic carbocycles. The first-order chi connectivity index (χ1) is 7.55. The Hall–Kier alpha value is -0.790. The van der Waals surface area contributed by atoms with Gasteiger partial charge in [0.1, 0.15) is 5.60 Å². The highest BCUT2D eigenvalue weighted by Crippen LogP contribution is 2.42. The first-order valence-electron chi connectivity index (χ1n) is 6.39. The van der Waals surface area contributed by atoms with Crippen molar-refractivity contribution in [2.75, 3.05) is 0 Å². The fraction of sp³-hybridized carbons (Fsp3) is 0.786. The molecule has 0 N–H and O–H groups in total. The molecular weight excluding hydrogens is 200 g/mol. The lowest BCUT2D eigenvalue weighted by Crippen LogP contribution is -2.45. The molecule has 1 saturated carbocycles. The normalized spacial score (nSPS) is 31.8. The summed E-state index contributed by atoms with van der Waals surface area (Å²) < 4.78 is 5.61. The van der Waals surface area contributed by atoms with E-state index < -0.39 is 5.60 Å². The predicted octanol–water partition coefficient (Wildman–Crippen LogP) is 3.71. The minimum atomic E-state index is -0.403. The van der Waals surface area contributed by atoms with Crippen LogP contribution in [-0.2, 0) is 9.53 Å². The quantitative estimate of drug-likeness (QED) is 0.537. The molecule has 1 rings (SSSR count). The molecule has 0 unspecified atom stereocenters. The summed E-state index contributed by atoms with van der Waals surface area (Å²) in [6, 6.07) is 0. The lowest BCUT2D eigenvalue weighted by Gasteiger charge is -2.44. The van der Waals surface area contributed by atoms with Gasteiger partial charge in [-0.15, -0.1) is 0 Å². The van der Waals surface area contributed by atoms with Crippen molar-refractivity contribution in [3.63, 3.8) is 0 Å². The van der Waals surface area contributed by atoms with E-state index in [1.807, 2.05) is 6.08 Å². The van der Waals surface area contributed by atoms with Crippen molar-refractivity contribution in [3.05, 3.63) is 12.7 Å². The van der Waals surface area contributed by atoms with Gasteiger partial charge in [0, 0.05) is 12.8 Å². The van der Waals surface area contributed by atoms with Crippen LogP contribution in [0.4, 0.5) is 0 Å². The van der Waals surface area contributed by atoms with Gasteiger partial charge in [0.25, 0.3) is 0 Å². The Bertz CT molecular complexity index is 259. The molecule has 0 amide bonds. The van der Waals surface area contributed by atoms with Gasteiger partial charge < -0.3 is 4.74 Å². The predicted molar refractivity (Wildman–Crippen MR) is 66.1 cm³/mol. The van der Waals surface area contributed by atoms with E-state index in [9.17, 15) is 4.79 Å². The fourth-order valence-electron chi connectivity index (χ4n) is 2.94. The Balaban J connectivity index is 2.91. The summed E-state index contributed by atoms with van der Waals surface area (Å²) in [4.78, 5) is 11.3. The largest absolute Gasteiger partial charge is 0.455 e. The topological polar surface area (TPSA) is 26.3 Å². The second kappa shape index (κ2) is 5.51. The van der Waals surface area contributed by atoms with E-state index in [4.69, 9.17) is 4.74 Å². The van der Waals surface area contributed by atoms with Crippen LogP contribution in [0, 0.1) is 11.8 Å². The Labute approximate surface area is 99.1 Å². The van der Waals surface area contributed by atoms with E-state index in [2.05, 4.69) is 20.4 Å². The lowest BCUT2D eigenvalue weighted by molar-refractivity contribution is -0.162. The van der Waals surface area contributed by atoms with Crippen LogP contribution in [0.5, 0.6) is 0 Å². The number of carbonyl (C=O) groups excluding carboxylic acids is 1. The maximum atomic E-state index is 11.3. The van der Waals surface area contributed by atoms with Crippen LogP contribution in [0.2, 0.25) is 0 Å². The number of hydrogen-bond acceptors (Lipinski definition) is 2. The van der Waals surface area contributed by atoms with Gasteiger partial charge in [0.2, 0.25) is 0 Å². The Morgan fingerprint density at radius 2 is 2.31 bits per heavy atom. The molecule has 0 aliphatic heterocycles. The average Bonchev–Trinajstić information content (AvgIpc) is 2.27. The minimum absolute atomic E-state index is 0.185. The molecular formula is C14H24O2. The van der Waals surface area contributed by atoms with Crippen LogP contribution >= 0.6 is 0 Å². The van der Waals surface area contributed by atoms with Crippen LogP contribution in [0.3, 0.4) is 0 Å². The summed E-state index contributed by atoms with van der Waals surface area (Å²) in [5, 5.41) is 0. The third-order valence-corrected chi connectivity index (χ3v) is 3.97. The molecule has 1 fully saturated rings. The van der Waals surface area contributed by atoms with Crippen molar-refractivity contribution in [1.29, 1.82) is 0 Å². The van der Waals surface area contributed by atoms with Crippen molar-refractivity contribution in [2.24, 2.45) is 11.8 Å². The summed E-state index contributed by atoms with van der Waals surface area (Å²) in [6.07, 6.45) is 7.45. The van der Waals surface area contributed by atoms with E-state index >= 15 is 0 Å². The van der Waals surface area contributed by atoms with Crippen molar-refractivity contribution in [2.45, 2.75) is 58.5 Å². The molecule has 0 saturated heterocycles. The Morgan fingerprint density at radius 3 is 2.81 bits per heavy atom. The second-order valence-corrected chi connectivity index (χ2v) is 4.99. The molecule has 2 heteroatoms.